The Hall–Kier alpha value is -1.64. The highest BCUT2D eigenvalue weighted by molar-refractivity contribution is 5.50. The van der Waals surface area contributed by atoms with E-state index in [4.69, 9.17) is 5.73 Å². The Kier molecular flexibility index (Phi) is 2.81. The van der Waals surface area contributed by atoms with Gasteiger partial charge in [0.1, 0.15) is 0 Å². The average molecular weight is 203 g/mol. The van der Waals surface area contributed by atoms with Crippen molar-refractivity contribution in [3.05, 3.63) is 41.7 Å². The lowest BCUT2D eigenvalue weighted by Gasteiger charge is -2.12. The minimum atomic E-state index is 0.490. The molecule has 0 aliphatic carbocycles. The normalized spacial score (nSPS) is 19.5. The standard InChI is InChI=1S/C12H17N3/c1-9-4-2-3-5-11(9)14-7-10-6-12(13)15-8-10/h2-6,10,14-15H,7-8,13H2,1H3/t10-/m0/s1. The molecule has 3 heteroatoms. The molecule has 0 fully saturated rings. The fraction of sp³-hybridized carbons (Fsp3) is 0.333. The smallest absolute Gasteiger partial charge is 0.0923 e. The molecule has 0 saturated heterocycles. The largest absolute Gasteiger partial charge is 0.386 e. The average Bonchev–Trinajstić information content (AvgIpc) is 2.63. The zero-order chi connectivity index (χ0) is 10.7. The van der Waals surface area contributed by atoms with Gasteiger partial charge in [0.2, 0.25) is 0 Å². The number of nitrogens with two attached hydrogens (primary N) is 1. The molecule has 15 heavy (non-hydrogen) atoms. The summed E-state index contributed by atoms with van der Waals surface area (Å²) in [5.74, 6) is 1.29. The maximum Gasteiger partial charge on any atom is 0.0923 e. The van der Waals surface area contributed by atoms with Gasteiger partial charge in [-0.15, -0.1) is 0 Å². The zero-order valence-corrected chi connectivity index (χ0v) is 8.96. The van der Waals surface area contributed by atoms with Crippen LogP contribution >= 0.6 is 0 Å². The first-order chi connectivity index (χ1) is 7.25. The number of anilines is 1. The van der Waals surface area contributed by atoms with E-state index in [1.54, 1.807) is 0 Å². The topological polar surface area (TPSA) is 50.1 Å². The van der Waals surface area contributed by atoms with Crippen LogP contribution in [0.5, 0.6) is 0 Å². The van der Waals surface area contributed by atoms with Gasteiger partial charge in [-0.2, -0.15) is 0 Å². The van der Waals surface area contributed by atoms with Crippen molar-refractivity contribution in [3.63, 3.8) is 0 Å². The van der Waals surface area contributed by atoms with E-state index in [1.807, 2.05) is 6.07 Å². The first-order valence-corrected chi connectivity index (χ1v) is 5.26. The number of rotatable bonds is 3. The molecule has 1 aromatic carbocycles. The predicted molar refractivity (Wildman–Crippen MR) is 63.4 cm³/mol. The van der Waals surface area contributed by atoms with Crippen LogP contribution in [-0.2, 0) is 0 Å². The third-order valence-electron chi connectivity index (χ3n) is 2.68. The van der Waals surface area contributed by atoms with E-state index in [1.165, 1.54) is 11.3 Å². The Labute approximate surface area is 90.4 Å². The van der Waals surface area contributed by atoms with Gasteiger partial charge in [0.05, 0.1) is 5.82 Å². The van der Waals surface area contributed by atoms with E-state index in [-0.39, 0.29) is 0 Å². The summed E-state index contributed by atoms with van der Waals surface area (Å²) < 4.78 is 0. The minimum Gasteiger partial charge on any atom is -0.386 e. The van der Waals surface area contributed by atoms with Crippen molar-refractivity contribution >= 4 is 5.69 Å². The van der Waals surface area contributed by atoms with Crippen LogP contribution in [-0.4, -0.2) is 13.1 Å². The molecule has 1 atom stereocenters. The van der Waals surface area contributed by atoms with Crippen LogP contribution in [0.15, 0.2) is 36.2 Å². The fourth-order valence-corrected chi connectivity index (χ4v) is 1.76. The second-order valence-corrected chi connectivity index (χ2v) is 3.96. The molecule has 0 amide bonds. The third kappa shape index (κ3) is 2.43. The lowest BCUT2D eigenvalue weighted by Crippen LogP contribution is -2.20. The van der Waals surface area contributed by atoms with Gasteiger partial charge in [0.15, 0.2) is 0 Å². The number of para-hydroxylation sites is 1. The summed E-state index contributed by atoms with van der Waals surface area (Å²) in [5, 5.41) is 6.55. The summed E-state index contributed by atoms with van der Waals surface area (Å²) in [6.07, 6.45) is 2.07. The number of hydrogen-bond acceptors (Lipinski definition) is 3. The fourth-order valence-electron chi connectivity index (χ4n) is 1.76. The number of nitrogens with one attached hydrogen (secondary N) is 2. The molecule has 0 spiro atoms. The van der Waals surface area contributed by atoms with E-state index in [0.717, 1.165) is 18.9 Å². The summed E-state index contributed by atoms with van der Waals surface area (Å²) in [6, 6.07) is 8.31. The highest BCUT2D eigenvalue weighted by Gasteiger charge is 2.12. The van der Waals surface area contributed by atoms with Crippen molar-refractivity contribution in [2.24, 2.45) is 11.7 Å². The molecule has 4 N–H and O–H groups in total. The molecule has 80 valence electrons. The Morgan fingerprint density at radius 3 is 2.93 bits per heavy atom. The summed E-state index contributed by atoms with van der Waals surface area (Å²) in [5.41, 5.74) is 8.13. The molecule has 1 aliphatic heterocycles. The monoisotopic (exact) mass is 203 g/mol. The molecule has 2 rings (SSSR count). The summed E-state index contributed by atoms with van der Waals surface area (Å²) in [4.78, 5) is 0. The molecular weight excluding hydrogens is 186 g/mol. The van der Waals surface area contributed by atoms with E-state index in [2.05, 4.69) is 41.8 Å². The molecule has 0 saturated carbocycles. The van der Waals surface area contributed by atoms with Gasteiger partial charge in [-0.05, 0) is 24.6 Å². The van der Waals surface area contributed by atoms with Crippen LogP contribution in [0, 0.1) is 12.8 Å². The molecule has 1 aliphatic rings. The van der Waals surface area contributed by atoms with Gasteiger partial charge in [0, 0.05) is 24.7 Å². The first kappa shape index (κ1) is 9.90. The molecular formula is C12H17N3. The van der Waals surface area contributed by atoms with E-state index >= 15 is 0 Å². The van der Waals surface area contributed by atoms with Crippen LogP contribution in [0.3, 0.4) is 0 Å². The Balaban J connectivity index is 1.91. The van der Waals surface area contributed by atoms with Gasteiger partial charge < -0.3 is 16.4 Å². The van der Waals surface area contributed by atoms with Gasteiger partial charge in [-0.3, -0.25) is 0 Å². The molecule has 1 aromatic rings. The van der Waals surface area contributed by atoms with E-state index in [9.17, 15) is 0 Å². The second-order valence-electron chi connectivity index (χ2n) is 3.96. The SMILES string of the molecule is Cc1ccccc1NC[C@@H]1C=C(N)NC1. The van der Waals surface area contributed by atoms with Crippen molar-refractivity contribution in [2.45, 2.75) is 6.92 Å². The van der Waals surface area contributed by atoms with Crippen LogP contribution in [0.4, 0.5) is 5.69 Å². The third-order valence-corrected chi connectivity index (χ3v) is 2.68. The lowest BCUT2D eigenvalue weighted by molar-refractivity contribution is 0.680. The van der Waals surface area contributed by atoms with Crippen molar-refractivity contribution in [3.8, 4) is 0 Å². The first-order valence-electron chi connectivity index (χ1n) is 5.26. The molecule has 0 bridgehead atoms. The lowest BCUT2D eigenvalue weighted by atomic mass is 10.1. The van der Waals surface area contributed by atoms with E-state index in [0.29, 0.717) is 5.92 Å². The molecule has 0 unspecified atom stereocenters. The molecule has 0 radical (unpaired) electrons. The van der Waals surface area contributed by atoms with Crippen molar-refractivity contribution < 1.29 is 0 Å². The quantitative estimate of drug-likeness (QED) is 0.696. The highest BCUT2D eigenvalue weighted by atomic mass is 15.0. The summed E-state index contributed by atoms with van der Waals surface area (Å²) in [6.45, 7) is 3.97. The summed E-state index contributed by atoms with van der Waals surface area (Å²) >= 11 is 0. The summed E-state index contributed by atoms with van der Waals surface area (Å²) in [7, 11) is 0. The maximum atomic E-state index is 5.65. The second kappa shape index (κ2) is 4.26. The van der Waals surface area contributed by atoms with Crippen molar-refractivity contribution in [2.75, 3.05) is 18.4 Å². The van der Waals surface area contributed by atoms with Crippen LogP contribution in [0.1, 0.15) is 5.56 Å². The number of hydrogen-bond donors (Lipinski definition) is 3. The minimum absolute atomic E-state index is 0.490. The molecule has 0 aromatic heterocycles. The van der Waals surface area contributed by atoms with Crippen LogP contribution in [0.2, 0.25) is 0 Å². The maximum absolute atomic E-state index is 5.65. The van der Waals surface area contributed by atoms with Gasteiger partial charge in [-0.1, -0.05) is 18.2 Å². The number of aryl methyl sites for hydroxylation is 1. The highest BCUT2D eigenvalue weighted by Crippen LogP contribution is 2.15. The number of benzene rings is 1. The predicted octanol–water partition coefficient (Wildman–Crippen LogP) is 1.43. The van der Waals surface area contributed by atoms with Gasteiger partial charge in [-0.25, -0.2) is 0 Å². The zero-order valence-electron chi connectivity index (χ0n) is 8.96. The van der Waals surface area contributed by atoms with Gasteiger partial charge >= 0.3 is 0 Å². The van der Waals surface area contributed by atoms with Crippen molar-refractivity contribution in [1.29, 1.82) is 0 Å². The van der Waals surface area contributed by atoms with Crippen LogP contribution < -0.4 is 16.4 Å². The van der Waals surface area contributed by atoms with Crippen molar-refractivity contribution in [1.82, 2.24) is 5.32 Å². The molecule has 3 nitrogen and oxygen atoms in total. The van der Waals surface area contributed by atoms with Gasteiger partial charge in [0.25, 0.3) is 0 Å². The van der Waals surface area contributed by atoms with E-state index < -0.39 is 0 Å². The molecule has 1 heterocycles. The Bertz CT molecular complexity index is 371. The van der Waals surface area contributed by atoms with Crippen LogP contribution in [0.25, 0.3) is 0 Å². The Morgan fingerprint density at radius 2 is 2.27 bits per heavy atom. The Morgan fingerprint density at radius 1 is 1.47 bits per heavy atom.